The van der Waals surface area contributed by atoms with Crippen LogP contribution in [0.5, 0.6) is 0 Å². The third-order valence-corrected chi connectivity index (χ3v) is 3.52. The van der Waals surface area contributed by atoms with Gasteiger partial charge in [-0.3, -0.25) is 0 Å². The molecule has 7 heteroatoms. The molecule has 1 heterocycles. The van der Waals surface area contributed by atoms with E-state index in [2.05, 4.69) is 9.88 Å². The van der Waals surface area contributed by atoms with Gasteiger partial charge in [-0.25, -0.2) is 13.1 Å². The van der Waals surface area contributed by atoms with E-state index in [0.717, 1.165) is 0 Å². The number of hydrogen-bond acceptors (Lipinski definition) is 5. The van der Waals surface area contributed by atoms with Crippen molar-refractivity contribution in [3.05, 3.63) is 41.6 Å². The first-order valence-electron chi connectivity index (χ1n) is 4.97. The third kappa shape index (κ3) is 2.49. The number of nitrogens with one attached hydrogen (secondary N) is 1. The number of benzene rings is 1. The van der Waals surface area contributed by atoms with Gasteiger partial charge < -0.3 is 4.52 Å². The normalized spacial score (nSPS) is 10.9. The molecule has 0 aliphatic carbocycles. The van der Waals surface area contributed by atoms with E-state index in [4.69, 9.17) is 9.78 Å². The Labute approximate surface area is 104 Å². The number of aryl methyl sites for hydroxylation is 1. The summed E-state index contributed by atoms with van der Waals surface area (Å²) in [5, 5.41) is 12.2. The fraction of sp³-hybridized carbons (Fsp3) is 0.0909. The lowest BCUT2D eigenvalue weighted by atomic mass is 10.2. The molecule has 2 aromatic rings. The average Bonchev–Trinajstić information content (AvgIpc) is 2.74. The smallest absolute Gasteiger partial charge is 0.264 e. The van der Waals surface area contributed by atoms with Crippen molar-refractivity contribution in [3.63, 3.8) is 0 Å². The van der Waals surface area contributed by atoms with E-state index < -0.39 is 10.0 Å². The van der Waals surface area contributed by atoms with Gasteiger partial charge in [0.25, 0.3) is 10.0 Å². The lowest BCUT2D eigenvalue weighted by Gasteiger charge is -2.04. The number of nitrogens with zero attached hydrogens (tertiary/aromatic N) is 2. The van der Waals surface area contributed by atoms with Gasteiger partial charge in [0.05, 0.1) is 22.2 Å². The highest BCUT2D eigenvalue weighted by atomic mass is 32.2. The topological polar surface area (TPSA) is 96.0 Å². The van der Waals surface area contributed by atoms with Crippen molar-refractivity contribution >= 4 is 15.9 Å². The molecule has 0 radical (unpaired) electrons. The highest BCUT2D eigenvalue weighted by Gasteiger charge is 2.16. The molecule has 0 bridgehead atoms. The van der Waals surface area contributed by atoms with Crippen LogP contribution < -0.4 is 4.72 Å². The second-order valence-electron chi connectivity index (χ2n) is 3.57. The minimum Gasteiger partial charge on any atom is -0.338 e. The molecule has 92 valence electrons. The molecular weight excluding hydrogens is 254 g/mol. The molecule has 6 nitrogen and oxygen atoms in total. The predicted octanol–water partition coefficient (Wildman–Crippen LogP) is 1.66. The van der Waals surface area contributed by atoms with Crippen LogP contribution in [0.15, 0.2) is 39.8 Å². The van der Waals surface area contributed by atoms with Crippen LogP contribution in [0, 0.1) is 18.3 Å². The summed E-state index contributed by atoms with van der Waals surface area (Å²) >= 11 is 0. The van der Waals surface area contributed by atoms with Crippen LogP contribution >= 0.6 is 0 Å². The van der Waals surface area contributed by atoms with Crippen molar-refractivity contribution in [1.29, 1.82) is 5.26 Å². The fourth-order valence-electron chi connectivity index (χ4n) is 1.31. The van der Waals surface area contributed by atoms with Crippen LogP contribution in [-0.4, -0.2) is 13.6 Å². The number of anilines is 1. The standard InChI is InChI=1S/C11H9N3O3S/c1-8-6-11(17-13-8)14-18(15,16)10-4-2-9(7-12)3-5-10/h2-6,14H,1H3. The second kappa shape index (κ2) is 4.50. The van der Waals surface area contributed by atoms with Crippen LogP contribution in [0.4, 0.5) is 5.88 Å². The molecule has 0 saturated heterocycles. The molecule has 0 aliphatic rings. The maximum absolute atomic E-state index is 11.9. The van der Waals surface area contributed by atoms with Crippen molar-refractivity contribution in [2.45, 2.75) is 11.8 Å². The molecule has 0 amide bonds. The van der Waals surface area contributed by atoms with E-state index in [9.17, 15) is 8.42 Å². The highest BCUT2D eigenvalue weighted by Crippen LogP contribution is 2.16. The minimum atomic E-state index is -3.72. The molecule has 0 saturated carbocycles. The first kappa shape index (κ1) is 12.1. The summed E-state index contributed by atoms with van der Waals surface area (Å²) in [4.78, 5) is 0.0514. The number of rotatable bonds is 3. The molecule has 1 aromatic carbocycles. The summed E-state index contributed by atoms with van der Waals surface area (Å²) < 4.78 is 30.9. The molecule has 0 unspecified atom stereocenters. The van der Waals surface area contributed by atoms with Crippen LogP contribution in [-0.2, 0) is 10.0 Å². The number of nitriles is 1. The van der Waals surface area contributed by atoms with E-state index in [1.54, 1.807) is 6.92 Å². The van der Waals surface area contributed by atoms with Gasteiger partial charge in [-0.1, -0.05) is 5.16 Å². The monoisotopic (exact) mass is 263 g/mol. The Bertz CT molecular complexity index is 696. The van der Waals surface area contributed by atoms with Gasteiger partial charge in [0.2, 0.25) is 5.88 Å². The van der Waals surface area contributed by atoms with Crippen LogP contribution in [0.2, 0.25) is 0 Å². The summed E-state index contributed by atoms with van der Waals surface area (Å²) in [6.07, 6.45) is 0. The van der Waals surface area contributed by atoms with Crippen molar-refractivity contribution < 1.29 is 12.9 Å². The van der Waals surface area contributed by atoms with E-state index in [0.29, 0.717) is 11.3 Å². The average molecular weight is 263 g/mol. The minimum absolute atomic E-state index is 0.0514. The highest BCUT2D eigenvalue weighted by molar-refractivity contribution is 7.92. The van der Waals surface area contributed by atoms with E-state index in [1.807, 2.05) is 6.07 Å². The van der Waals surface area contributed by atoms with Crippen molar-refractivity contribution in [2.75, 3.05) is 4.72 Å². The van der Waals surface area contributed by atoms with Crippen molar-refractivity contribution in [2.24, 2.45) is 0 Å². The fourth-order valence-corrected chi connectivity index (χ4v) is 2.28. The Morgan fingerprint density at radius 3 is 2.50 bits per heavy atom. The molecule has 0 aliphatic heterocycles. The zero-order valence-corrected chi connectivity index (χ0v) is 10.2. The van der Waals surface area contributed by atoms with Crippen LogP contribution in [0.1, 0.15) is 11.3 Å². The summed E-state index contributed by atoms with van der Waals surface area (Å²) in [7, 11) is -3.72. The summed E-state index contributed by atoms with van der Waals surface area (Å²) in [6.45, 7) is 1.68. The van der Waals surface area contributed by atoms with Gasteiger partial charge in [-0.05, 0) is 31.2 Å². The lowest BCUT2D eigenvalue weighted by Crippen LogP contribution is -2.12. The quantitative estimate of drug-likeness (QED) is 0.908. The van der Waals surface area contributed by atoms with Gasteiger partial charge >= 0.3 is 0 Å². The van der Waals surface area contributed by atoms with Crippen LogP contribution in [0.25, 0.3) is 0 Å². The van der Waals surface area contributed by atoms with Crippen molar-refractivity contribution in [1.82, 2.24) is 5.16 Å². The maximum atomic E-state index is 11.9. The van der Waals surface area contributed by atoms with Gasteiger partial charge in [0.1, 0.15) is 0 Å². The molecule has 1 aromatic heterocycles. The molecule has 2 rings (SSSR count). The lowest BCUT2D eigenvalue weighted by molar-refractivity contribution is 0.430. The molecule has 1 N–H and O–H groups in total. The van der Waals surface area contributed by atoms with E-state index in [1.165, 1.54) is 30.3 Å². The van der Waals surface area contributed by atoms with Gasteiger partial charge in [-0.15, -0.1) is 0 Å². The zero-order chi connectivity index (χ0) is 13.2. The molecule has 0 atom stereocenters. The van der Waals surface area contributed by atoms with E-state index in [-0.39, 0.29) is 10.8 Å². The third-order valence-electron chi connectivity index (χ3n) is 2.16. The summed E-state index contributed by atoms with van der Waals surface area (Å²) in [6, 6.07) is 8.95. The SMILES string of the molecule is Cc1cc(NS(=O)(=O)c2ccc(C#N)cc2)on1. The maximum Gasteiger partial charge on any atom is 0.264 e. The summed E-state index contributed by atoms with van der Waals surface area (Å²) in [5.41, 5.74) is 0.969. The predicted molar refractivity (Wildman–Crippen MR) is 63.2 cm³/mol. The molecule has 18 heavy (non-hydrogen) atoms. The number of sulfonamides is 1. The van der Waals surface area contributed by atoms with Gasteiger partial charge in [0.15, 0.2) is 0 Å². The largest absolute Gasteiger partial charge is 0.338 e. The van der Waals surface area contributed by atoms with Gasteiger partial charge in [0, 0.05) is 6.07 Å². The summed E-state index contributed by atoms with van der Waals surface area (Å²) in [5.74, 6) is 0.0526. The first-order chi connectivity index (χ1) is 8.51. The van der Waals surface area contributed by atoms with Gasteiger partial charge in [-0.2, -0.15) is 5.26 Å². The Morgan fingerprint density at radius 1 is 1.33 bits per heavy atom. The Kier molecular flexibility index (Phi) is 3.04. The van der Waals surface area contributed by atoms with Crippen molar-refractivity contribution in [3.8, 4) is 6.07 Å². The number of hydrogen-bond donors (Lipinski definition) is 1. The molecule has 0 spiro atoms. The Balaban J connectivity index is 2.28. The van der Waals surface area contributed by atoms with E-state index >= 15 is 0 Å². The molecular formula is C11H9N3O3S. The Morgan fingerprint density at radius 2 is 2.00 bits per heavy atom. The second-order valence-corrected chi connectivity index (χ2v) is 5.26. The molecule has 0 fully saturated rings. The first-order valence-corrected chi connectivity index (χ1v) is 6.46. The zero-order valence-electron chi connectivity index (χ0n) is 9.41. The Hall–Kier alpha value is -2.33. The van der Waals surface area contributed by atoms with Crippen LogP contribution in [0.3, 0.4) is 0 Å². The number of aromatic nitrogens is 1.